The lowest BCUT2D eigenvalue weighted by atomic mass is 10.1. The van der Waals surface area contributed by atoms with Gasteiger partial charge in [0.05, 0.1) is 17.0 Å². The maximum Gasteiger partial charge on any atom is 0.490 e. The third kappa shape index (κ3) is 7.02. The molecule has 2 aromatic rings. The van der Waals surface area contributed by atoms with Crippen LogP contribution in [0.2, 0.25) is 0 Å². The molecule has 1 unspecified atom stereocenters. The van der Waals surface area contributed by atoms with Crippen LogP contribution in [0, 0.1) is 13.8 Å². The van der Waals surface area contributed by atoms with Crippen LogP contribution in [0.5, 0.6) is 0 Å². The second kappa shape index (κ2) is 9.82. The van der Waals surface area contributed by atoms with Crippen molar-refractivity contribution in [1.82, 2.24) is 19.4 Å². The molecule has 1 aliphatic carbocycles. The molecular weight excluding hydrogens is 461 g/mol. The number of aromatic nitrogens is 2. The summed E-state index contributed by atoms with van der Waals surface area (Å²) in [6.07, 6.45) is -1.71. The van der Waals surface area contributed by atoms with E-state index in [1.807, 2.05) is 10.7 Å². The zero-order chi connectivity index (χ0) is 24.4. The van der Waals surface area contributed by atoms with E-state index in [2.05, 4.69) is 46.8 Å². The molecule has 182 valence electrons. The molecule has 0 spiro atoms. The zero-order valence-electron chi connectivity index (χ0n) is 18.3. The molecule has 4 rings (SSSR count). The summed E-state index contributed by atoms with van der Waals surface area (Å²) in [6.45, 7) is 7.12. The van der Waals surface area contributed by atoms with E-state index in [9.17, 15) is 21.6 Å². The van der Waals surface area contributed by atoms with Crippen molar-refractivity contribution in [2.24, 2.45) is 0 Å². The van der Waals surface area contributed by atoms with Crippen molar-refractivity contribution >= 4 is 16.0 Å². The highest BCUT2D eigenvalue weighted by atomic mass is 32.2. The topological polar surface area (TPSA) is 105 Å². The van der Waals surface area contributed by atoms with E-state index in [1.165, 1.54) is 16.7 Å². The van der Waals surface area contributed by atoms with Crippen LogP contribution in [0.1, 0.15) is 41.3 Å². The number of alkyl halides is 3. The third-order valence-electron chi connectivity index (χ3n) is 5.37. The summed E-state index contributed by atoms with van der Waals surface area (Å²) in [5.74, 6) is -2.76. The quantitative estimate of drug-likeness (QED) is 0.648. The van der Waals surface area contributed by atoms with E-state index in [4.69, 9.17) is 9.90 Å². The SMILES string of the molecule is Cc1cc(C)cc(CN2Cc3ccnn3C(CNS(=O)(=O)C3CC3)C2)c1.O=C(O)C(F)(F)F. The van der Waals surface area contributed by atoms with Gasteiger partial charge in [-0.25, -0.2) is 17.9 Å². The van der Waals surface area contributed by atoms with E-state index in [0.717, 1.165) is 38.2 Å². The molecule has 8 nitrogen and oxygen atoms in total. The number of aryl methyl sites for hydroxylation is 2. The molecule has 1 fully saturated rings. The third-order valence-corrected chi connectivity index (χ3v) is 7.28. The highest BCUT2D eigenvalue weighted by Gasteiger charge is 2.38. The average Bonchev–Trinajstić information content (AvgIpc) is 3.45. The lowest BCUT2D eigenvalue weighted by Gasteiger charge is -2.34. The number of fused-ring (bicyclic) bond motifs is 1. The molecule has 0 bridgehead atoms. The van der Waals surface area contributed by atoms with Gasteiger partial charge >= 0.3 is 12.1 Å². The Kier molecular flexibility index (Phi) is 7.49. The van der Waals surface area contributed by atoms with E-state index in [1.54, 1.807) is 6.20 Å². The smallest absolute Gasteiger partial charge is 0.475 e. The largest absolute Gasteiger partial charge is 0.490 e. The highest BCUT2D eigenvalue weighted by molar-refractivity contribution is 7.90. The van der Waals surface area contributed by atoms with Crippen molar-refractivity contribution < 1.29 is 31.5 Å². The minimum Gasteiger partial charge on any atom is -0.475 e. The zero-order valence-corrected chi connectivity index (χ0v) is 19.2. The van der Waals surface area contributed by atoms with Gasteiger partial charge in [-0.2, -0.15) is 18.3 Å². The molecule has 2 N–H and O–H groups in total. The van der Waals surface area contributed by atoms with E-state index in [-0.39, 0.29) is 11.3 Å². The summed E-state index contributed by atoms with van der Waals surface area (Å²) in [5.41, 5.74) is 4.98. The van der Waals surface area contributed by atoms with Crippen LogP contribution in [-0.4, -0.2) is 58.7 Å². The first-order valence-electron chi connectivity index (χ1n) is 10.5. The van der Waals surface area contributed by atoms with Crippen LogP contribution >= 0.6 is 0 Å². The van der Waals surface area contributed by atoms with E-state index < -0.39 is 22.2 Å². The molecule has 1 aromatic heterocycles. The van der Waals surface area contributed by atoms with Crippen LogP contribution in [0.3, 0.4) is 0 Å². The fourth-order valence-electron chi connectivity index (χ4n) is 3.86. The second-order valence-corrected chi connectivity index (χ2v) is 10.5. The molecule has 0 amide bonds. The summed E-state index contributed by atoms with van der Waals surface area (Å²) >= 11 is 0. The van der Waals surface area contributed by atoms with Crippen LogP contribution in [0.25, 0.3) is 0 Å². The van der Waals surface area contributed by atoms with Crippen molar-refractivity contribution in [1.29, 1.82) is 0 Å². The molecule has 1 atom stereocenters. The van der Waals surface area contributed by atoms with Gasteiger partial charge in [-0.3, -0.25) is 9.58 Å². The molecule has 12 heteroatoms. The number of carbonyl (C=O) groups is 1. The Morgan fingerprint density at radius 1 is 1.21 bits per heavy atom. The predicted octanol–water partition coefficient (Wildman–Crippen LogP) is 2.77. The summed E-state index contributed by atoms with van der Waals surface area (Å²) in [4.78, 5) is 11.3. The minimum atomic E-state index is -5.08. The van der Waals surface area contributed by atoms with E-state index >= 15 is 0 Å². The van der Waals surface area contributed by atoms with Crippen LogP contribution in [-0.2, 0) is 27.9 Å². The van der Waals surface area contributed by atoms with Crippen molar-refractivity contribution in [3.63, 3.8) is 0 Å². The Labute approximate surface area is 190 Å². The number of hydrogen-bond acceptors (Lipinski definition) is 5. The molecule has 1 aromatic carbocycles. The molecule has 0 saturated heterocycles. The lowest BCUT2D eigenvalue weighted by Crippen LogP contribution is -2.43. The number of benzene rings is 1. The first kappa shape index (κ1) is 25.2. The molecule has 2 aliphatic rings. The number of nitrogens with one attached hydrogen (secondary N) is 1. The van der Waals surface area contributed by atoms with Crippen LogP contribution < -0.4 is 4.72 Å². The van der Waals surface area contributed by atoms with Crippen LogP contribution in [0.4, 0.5) is 13.2 Å². The van der Waals surface area contributed by atoms with Gasteiger partial charge in [-0.05, 0) is 38.3 Å². The fourth-order valence-corrected chi connectivity index (χ4v) is 5.28. The first-order chi connectivity index (χ1) is 15.3. The number of carboxylic acids is 1. The molecule has 1 saturated carbocycles. The van der Waals surface area contributed by atoms with Gasteiger partial charge in [0, 0.05) is 32.4 Å². The van der Waals surface area contributed by atoms with Crippen molar-refractivity contribution in [2.75, 3.05) is 13.1 Å². The molecule has 0 radical (unpaired) electrons. The number of halogens is 3. The number of sulfonamides is 1. The lowest BCUT2D eigenvalue weighted by molar-refractivity contribution is -0.192. The number of carboxylic acid groups (broad SMARTS) is 1. The van der Waals surface area contributed by atoms with Crippen LogP contribution in [0.15, 0.2) is 30.5 Å². The summed E-state index contributed by atoms with van der Waals surface area (Å²) < 4.78 is 60.9. The number of hydrogen-bond donors (Lipinski definition) is 2. The van der Waals surface area contributed by atoms with E-state index in [0.29, 0.717) is 6.54 Å². The fraction of sp³-hybridized carbons (Fsp3) is 0.524. The molecule has 33 heavy (non-hydrogen) atoms. The van der Waals surface area contributed by atoms with Gasteiger partial charge < -0.3 is 5.11 Å². The normalized spacial score (nSPS) is 18.9. The summed E-state index contributed by atoms with van der Waals surface area (Å²) in [7, 11) is -3.17. The van der Waals surface area contributed by atoms with Gasteiger partial charge in [-0.1, -0.05) is 29.3 Å². The maximum atomic E-state index is 12.2. The predicted molar refractivity (Wildman–Crippen MR) is 115 cm³/mol. The standard InChI is InChI=1S/C19H26N4O2S.C2HF3O2/c1-14-7-15(2)9-16(8-14)11-22-12-17-5-6-20-23(17)18(13-22)10-21-26(24,25)19-3-4-19;3-2(4,5)1(6)7/h5-9,18-19,21H,3-4,10-13H2,1-2H3;(H,6,7). The Morgan fingerprint density at radius 2 is 1.82 bits per heavy atom. The van der Waals surface area contributed by atoms with Crippen molar-refractivity contribution in [2.45, 2.75) is 57.2 Å². The van der Waals surface area contributed by atoms with Crippen molar-refractivity contribution in [3.8, 4) is 0 Å². The monoisotopic (exact) mass is 488 g/mol. The highest BCUT2D eigenvalue weighted by Crippen LogP contribution is 2.28. The Morgan fingerprint density at radius 3 is 2.36 bits per heavy atom. The molecule has 1 aliphatic heterocycles. The van der Waals surface area contributed by atoms with Gasteiger partial charge in [0.25, 0.3) is 0 Å². The summed E-state index contributed by atoms with van der Waals surface area (Å²) in [6, 6.07) is 8.68. The number of nitrogens with zero attached hydrogens (tertiary/aromatic N) is 3. The average molecular weight is 489 g/mol. The molecular formula is C21H27F3N4O4S. The second-order valence-electron chi connectivity index (χ2n) is 8.48. The number of aliphatic carboxylic acids is 1. The summed E-state index contributed by atoms with van der Waals surface area (Å²) in [5, 5.41) is 11.4. The van der Waals surface area contributed by atoms with Gasteiger partial charge in [0.15, 0.2) is 0 Å². The molecule has 2 heterocycles. The van der Waals surface area contributed by atoms with Gasteiger partial charge in [0.2, 0.25) is 10.0 Å². The first-order valence-corrected chi connectivity index (χ1v) is 12.0. The van der Waals surface area contributed by atoms with Gasteiger partial charge in [-0.15, -0.1) is 0 Å². The Hall–Kier alpha value is -2.44. The van der Waals surface area contributed by atoms with Gasteiger partial charge in [0.1, 0.15) is 0 Å². The maximum absolute atomic E-state index is 12.2. The number of rotatable bonds is 6. The van der Waals surface area contributed by atoms with Crippen molar-refractivity contribution in [3.05, 3.63) is 52.8 Å². The Bertz CT molecular complexity index is 1080. The Balaban J connectivity index is 0.000000383. The minimum absolute atomic E-state index is 0.0215.